The highest BCUT2D eigenvalue weighted by Crippen LogP contribution is 2.36. The third kappa shape index (κ3) is 4.09. The van der Waals surface area contributed by atoms with Gasteiger partial charge in [-0.25, -0.2) is 4.79 Å². The van der Waals surface area contributed by atoms with Gasteiger partial charge in [0.05, 0.1) is 13.2 Å². The largest absolute Gasteiger partial charge is 0.497 e. The first-order valence-electron chi connectivity index (χ1n) is 9.97. The number of hydrogen-bond acceptors (Lipinski definition) is 4. The predicted octanol–water partition coefficient (Wildman–Crippen LogP) is 2.25. The Bertz CT molecular complexity index is 683. The number of nitrogens with zero attached hydrogens (tertiary/aromatic N) is 2. The summed E-state index contributed by atoms with van der Waals surface area (Å²) in [5.41, 5.74) is 1.03. The van der Waals surface area contributed by atoms with Crippen molar-refractivity contribution in [2.45, 2.75) is 51.4 Å². The van der Waals surface area contributed by atoms with Crippen molar-refractivity contribution in [2.75, 3.05) is 27.3 Å². The number of urea groups is 1. The number of piperidine rings is 1. The van der Waals surface area contributed by atoms with Gasteiger partial charge in [-0.05, 0) is 50.3 Å². The van der Waals surface area contributed by atoms with Crippen molar-refractivity contribution >= 4 is 11.9 Å². The van der Waals surface area contributed by atoms with Crippen molar-refractivity contribution in [1.82, 2.24) is 15.1 Å². The van der Waals surface area contributed by atoms with Crippen molar-refractivity contribution in [1.29, 1.82) is 0 Å². The minimum absolute atomic E-state index is 0.0389. The van der Waals surface area contributed by atoms with Crippen LogP contribution in [0.25, 0.3) is 0 Å². The second-order valence-electron chi connectivity index (χ2n) is 7.82. The van der Waals surface area contributed by atoms with E-state index in [1.54, 1.807) is 14.2 Å². The molecule has 0 aromatic heterocycles. The Balaban J connectivity index is 1.49. The normalized spacial score (nSPS) is 23.0. The van der Waals surface area contributed by atoms with E-state index in [1.165, 1.54) is 0 Å². The van der Waals surface area contributed by atoms with Gasteiger partial charge in [-0.3, -0.25) is 4.79 Å². The van der Waals surface area contributed by atoms with E-state index in [2.05, 4.69) is 5.32 Å². The predicted molar refractivity (Wildman–Crippen MR) is 106 cm³/mol. The third-order valence-corrected chi connectivity index (χ3v) is 5.85. The molecule has 1 aromatic rings. The number of nitrogens with one attached hydrogen (secondary N) is 1. The molecule has 1 N–H and O–H groups in total. The lowest BCUT2D eigenvalue weighted by Crippen LogP contribution is -2.70. The monoisotopic (exact) mass is 389 g/mol. The zero-order valence-electron chi connectivity index (χ0n) is 17.2. The average Bonchev–Trinajstić information content (AvgIpc) is 2.70. The summed E-state index contributed by atoms with van der Waals surface area (Å²) in [5.74, 6) is 1.26. The minimum atomic E-state index is -0.331. The van der Waals surface area contributed by atoms with Crippen LogP contribution in [0, 0.1) is 5.92 Å². The van der Waals surface area contributed by atoms with Crippen LogP contribution in [0.3, 0.4) is 0 Å². The molecule has 0 aliphatic carbocycles. The summed E-state index contributed by atoms with van der Waals surface area (Å²) in [6.07, 6.45) is 1.44. The zero-order valence-corrected chi connectivity index (χ0v) is 17.2. The lowest BCUT2D eigenvalue weighted by atomic mass is 9.79. The number of β-lactam (4-membered cyclic amide) rings is 1. The highest BCUT2D eigenvalue weighted by molar-refractivity contribution is 5.88. The number of likely N-dealkylation sites (tertiary alicyclic amines) is 2. The van der Waals surface area contributed by atoms with Crippen molar-refractivity contribution in [3.63, 3.8) is 0 Å². The van der Waals surface area contributed by atoms with E-state index in [0.29, 0.717) is 25.6 Å². The van der Waals surface area contributed by atoms with Gasteiger partial charge in [0.1, 0.15) is 5.75 Å². The topological polar surface area (TPSA) is 71.1 Å². The van der Waals surface area contributed by atoms with Crippen LogP contribution in [-0.2, 0) is 16.1 Å². The fourth-order valence-corrected chi connectivity index (χ4v) is 4.29. The van der Waals surface area contributed by atoms with Gasteiger partial charge in [-0.15, -0.1) is 0 Å². The Morgan fingerprint density at radius 2 is 1.82 bits per heavy atom. The molecular weight excluding hydrogens is 358 g/mol. The molecular formula is C21H31N3O4. The van der Waals surface area contributed by atoms with Gasteiger partial charge in [-0.2, -0.15) is 0 Å². The van der Waals surface area contributed by atoms with Crippen LogP contribution in [0.5, 0.6) is 5.75 Å². The molecule has 2 heterocycles. The van der Waals surface area contributed by atoms with Crippen molar-refractivity contribution in [3.8, 4) is 5.75 Å². The van der Waals surface area contributed by atoms with Crippen molar-refractivity contribution in [3.05, 3.63) is 29.8 Å². The first kappa shape index (κ1) is 20.5. The van der Waals surface area contributed by atoms with Gasteiger partial charge in [-0.1, -0.05) is 12.1 Å². The molecule has 2 fully saturated rings. The first-order valence-corrected chi connectivity index (χ1v) is 9.97. The molecule has 7 nitrogen and oxygen atoms in total. The van der Waals surface area contributed by atoms with Crippen LogP contribution < -0.4 is 10.1 Å². The Hall–Kier alpha value is -2.28. The van der Waals surface area contributed by atoms with E-state index in [0.717, 1.165) is 24.2 Å². The Morgan fingerprint density at radius 1 is 1.18 bits per heavy atom. The maximum absolute atomic E-state index is 12.5. The smallest absolute Gasteiger partial charge is 0.317 e. The number of benzene rings is 1. The number of ether oxygens (including phenoxy) is 2. The number of carbonyl (C=O) groups excluding carboxylic acids is 2. The second kappa shape index (κ2) is 8.82. The van der Waals surface area contributed by atoms with E-state index in [-0.39, 0.29) is 30.1 Å². The molecule has 3 amide bonds. The number of amides is 3. The average molecular weight is 389 g/mol. The van der Waals surface area contributed by atoms with E-state index in [9.17, 15) is 9.59 Å². The molecule has 7 heteroatoms. The molecule has 3 rings (SSSR count). The lowest BCUT2D eigenvalue weighted by molar-refractivity contribution is -0.181. The van der Waals surface area contributed by atoms with E-state index in [4.69, 9.17) is 9.47 Å². The fraction of sp³-hybridized carbons (Fsp3) is 0.619. The highest BCUT2D eigenvalue weighted by atomic mass is 16.5. The number of rotatable bonds is 6. The standard InChI is InChI=1S/C21H31N3O4/c1-14(2)24-18(19(28-4)20(24)25)16-9-11-23(12-10-16)21(26)22-13-15-5-7-17(27-3)8-6-15/h5-8,14,16,18-19H,9-13H2,1-4H3,(H,22,26). The van der Waals surface area contributed by atoms with Crippen LogP contribution in [0.15, 0.2) is 24.3 Å². The van der Waals surface area contributed by atoms with Crippen LogP contribution in [0.2, 0.25) is 0 Å². The molecule has 0 spiro atoms. The summed E-state index contributed by atoms with van der Waals surface area (Å²) < 4.78 is 10.6. The first-order chi connectivity index (χ1) is 13.5. The quantitative estimate of drug-likeness (QED) is 0.758. The van der Waals surface area contributed by atoms with Gasteiger partial charge in [0.2, 0.25) is 0 Å². The molecule has 1 aromatic carbocycles. The van der Waals surface area contributed by atoms with E-state index >= 15 is 0 Å². The molecule has 2 atom stereocenters. The second-order valence-corrected chi connectivity index (χ2v) is 7.82. The van der Waals surface area contributed by atoms with Crippen molar-refractivity contribution < 1.29 is 19.1 Å². The van der Waals surface area contributed by atoms with Gasteiger partial charge in [0, 0.05) is 32.8 Å². The van der Waals surface area contributed by atoms with E-state index < -0.39 is 0 Å². The van der Waals surface area contributed by atoms with Crippen LogP contribution >= 0.6 is 0 Å². The molecule has 2 saturated heterocycles. The van der Waals surface area contributed by atoms with Gasteiger partial charge >= 0.3 is 6.03 Å². The number of hydrogen-bond donors (Lipinski definition) is 1. The van der Waals surface area contributed by atoms with E-state index in [1.807, 2.05) is 47.9 Å². The maximum Gasteiger partial charge on any atom is 0.317 e. The number of methoxy groups -OCH3 is 2. The summed E-state index contributed by atoms with van der Waals surface area (Å²) in [5, 5.41) is 2.99. The molecule has 28 heavy (non-hydrogen) atoms. The summed E-state index contributed by atoms with van der Waals surface area (Å²) in [6.45, 7) is 5.97. The van der Waals surface area contributed by atoms with Crippen LogP contribution in [0.4, 0.5) is 4.79 Å². The third-order valence-electron chi connectivity index (χ3n) is 5.85. The highest BCUT2D eigenvalue weighted by Gasteiger charge is 2.52. The van der Waals surface area contributed by atoms with Gasteiger partial charge in [0.15, 0.2) is 6.10 Å². The summed E-state index contributed by atoms with van der Waals surface area (Å²) in [4.78, 5) is 28.5. The van der Waals surface area contributed by atoms with Gasteiger partial charge in [0.25, 0.3) is 5.91 Å². The molecule has 2 unspecified atom stereocenters. The zero-order chi connectivity index (χ0) is 20.3. The SMILES string of the molecule is COc1ccc(CNC(=O)N2CCC(C3C(OC)C(=O)N3C(C)C)CC2)cc1. The summed E-state index contributed by atoms with van der Waals surface area (Å²) >= 11 is 0. The molecule has 0 bridgehead atoms. The Labute approximate surface area is 167 Å². The molecule has 154 valence electrons. The van der Waals surface area contributed by atoms with Crippen LogP contribution in [-0.4, -0.2) is 67.2 Å². The summed E-state index contributed by atoms with van der Waals surface area (Å²) in [6, 6.07) is 7.94. The summed E-state index contributed by atoms with van der Waals surface area (Å²) in [7, 11) is 3.24. The van der Waals surface area contributed by atoms with Gasteiger partial charge < -0.3 is 24.6 Å². The molecule has 0 radical (unpaired) electrons. The lowest BCUT2D eigenvalue weighted by Gasteiger charge is -2.53. The van der Waals surface area contributed by atoms with Crippen molar-refractivity contribution in [2.24, 2.45) is 5.92 Å². The molecule has 0 saturated carbocycles. The Kier molecular flexibility index (Phi) is 6.44. The van der Waals surface area contributed by atoms with Crippen LogP contribution in [0.1, 0.15) is 32.3 Å². The maximum atomic E-state index is 12.5. The molecule has 2 aliphatic rings. The minimum Gasteiger partial charge on any atom is -0.497 e. The molecule has 2 aliphatic heterocycles. The Morgan fingerprint density at radius 3 is 2.36 bits per heavy atom. The number of carbonyl (C=O) groups is 2. The fourth-order valence-electron chi connectivity index (χ4n) is 4.29.